The van der Waals surface area contributed by atoms with E-state index in [4.69, 9.17) is 0 Å². The van der Waals surface area contributed by atoms with E-state index in [9.17, 15) is 0 Å². The minimum absolute atomic E-state index is 1.19. The molecule has 1 nitrogen and oxygen atoms in total. The molecule has 1 heterocycles. The third-order valence-corrected chi connectivity index (χ3v) is 0.548. The second-order valence-electron chi connectivity index (χ2n) is 1.12. The minimum Gasteiger partial charge on any atom is -0.227 e. The minimum atomic E-state index is 1.19. The molecular weight excluding hydrogens is 50.0 g/mol. The predicted octanol–water partition coefficient (Wildman–Crippen LogP) is -0.287. The SMILES string of the molecule is C[N+]1=CC1. The van der Waals surface area contributed by atoms with Crippen molar-refractivity contribution in [3.63, 3.8) is 0 Å². The highest BCUT2D eigenvalue weighted by atomic mass is 15.1. The van der Waals surface area contributed by atoms with Crippen LogP contribution < -0.4 is 0 Å². The molecule has 0 radical (unpaired) electrons. The fourth-order valence-corrected chi connectivity index (χ4v) is 0.0816. The van der Waals surface area contributed by atoms with Crippen molar-refractivity contribution in [2.75, 3.05) is 13.6 Å². The van der Waals surface area contributed by atoms with E-state index in [0.29, 0.717) is 0 Å². The van der Waals surface area contributed by atoms with Gasteiger partial charge in [-0.05, 0) is 0 Å². The van der Waals surface area contributed by atoms with Gasteiger partial charge in [-0.3, -0.25) is 0 Å². The van der Waals surface area contributed by atoms with Gasteiger partial charge in [-0.2, -0.15) is 0 Å². The van der Waals surface area contributed by atoms with Gasteiger partial charge < -0.3 is 0 Å². The molecule has 0 spiro atoms. The largest absolute Gasteiger partial charge is 0.227 e. The second kappa shape index (κ2) is 0.341. The van der Waals surface area contributed by atoms with Gasteiger partial charge in [-0.15, -0.1) is 0 Å². The molecule has 1 aliphatic rings. The summed E-state index contributed by atoms with van der Waals surface area (Å²) in [6.45, 7) is 1.19. The van der Waals surface area contributed by atoms with Crippen molar-refractivity contribution in [1.82, 2.24) is 0 Å². The summed E-state index contributed by atoms with van der Waals surface area (Å²) >= 11 is 0. The molecule has 0 atom stereocenters. The maximum Gasteiger partial charge on any atom is 0.218 e. The van der Waals surface area contributed by atoms with Gasteiger partial charge >= 0.3 is 0 Å². The maximum absolute atomic E-state index is 2.12. The van der Waals surface area contributed by atoms with E-state index in [-0.39, 0.29) is 0 Å². The van der Waals surface area contributed by atoms with Crippen molar-refractivity contribution < 1.29 is 4.58 Å². The van der Waals surface area contributed by atoms with E-state index in [2.05, 4.69) is 17.8 Å². The molecule has 0 saturated carbocycles. The van der Waals surface area contributed by atoms with E-state index in [1.165, 1.54) is 6.54 Å². The Morgan fingerprint density at radius 3 is 2.25 bits per heavy atom. The molecule has 4 heavy (non-hydrogen) atoms. The van der Waals surface area contributed by atoms with Crippen molar-refractivity contribution in [1.29, 1.82) is 0 Å². The fraction of sp³-hybridized carbons (Fsp3) is 0.667. The maximum atomic E-state index is 2.12. The van der Waals surface area contributed by atoms with Gasteiger partial charge in [0.1, 0.15) is 7.05 Å². The lowest BCUT2D eigenvalue weighted by molar-refractivity contribution is -0.403. The normalized spacial score (nSPS) is 19.8. The third kappa shape index (κ3) is 0.105. The predicted molar refractivity (Wildman–Crippen MR) is 17.1 cm³/mol. The van der Waals surface area contributed by atoms with Crippen LogP contribution in [-0.2, 0) is 0 Å². The van der Waals surface area contributed by atoms with E-state index in [0.717, 1.165) is 0 Å². The van der Waals surface area contributed by atoms with Crippen LogP contribution in [0.4, 0.5) is 0 Å². The molecular formula is C3H6N+. The van der Waals surface area contributed by atoms with E-state index >= 15 is 0 Å². The molecule has 0 aliphatic carbocycles. The Bertz CT molecular complexity index is 54.3. The zero-order valence-corrected chi connectivity index (χ0v) is 2.73. The topological polar surface area (TPSA) is 3.01 Å². The van der Waals surface area contributed by atoms with Crippen molar-refractivity contribution in [2.24, 2.45) is 0 Å². The Morgan fingerprint density at radius 1 is 2.00 bits per heavy atom. The number of nitrogens with zero attached hydrogens (tertiary/aromatic N) is 1. The second-order valence-corrected chi connectivity index (χ2v) is 1.12. The van der Waals surface area contributed by atoms with Crippen LogP contribution in [0.2, 0.25) is 0 Å². The van der Waals surface area contributed by atoms with E-state index < -0.39 is 0 Å². The molecule has 0 aromatic heterocycles. The highest BCUT2D eigenvalue weighted by Gasteiger charge is 2.05. The molecule has 0 N–H and O–H groups in total. The van der Waals surface area contributed by atoms with Crippen molar-refractivity contribution in [3.8, 4) is 0 Å². The number of hydrogen-bond acceptors (Lipinski definition) is 0. The molecule has 1 aliphatic heterocycles. The van der Waals surface area contributed by atoms with Gasteiger partial charge in [-0.1, -0.05) is 0 Å². The quantitative estimate of drug-likeness (QED) is 0.336. The monoisotopic (exact) mass is 56.0 g/mol. The molecule has 1 heteroatoms. The van der Waals surface area contributed by atoms with Crippen molar-refractivity contribution in [3.05, 3.63) is 0 Å². The average Bonchev–Trinajstić information content (AvgIpc) is 1.75. The standard InChI is InChI=1S/C3H6N/c1-4-2-3-4/h2H,3H2,1H3/q+1. The smallest absolute Gasteiger partial charge is 0.218 e. The molecule has 0 fully saturated rings. The highest BCUT2D eigenvalue weighted by Crippen LogP contribution is 1.72. The van der Waals surface area contributed by atoms with Crippen molar-refractivity contribution >= 4 is 6.21 Å². The third-order valence-electron chi connectivity index (χ3n) is 0.548. The first kappa shape index (κ1) is 1.94. The van der Waals surface area contributed by atoms with Gasteiger partial charge in [0, 0.05) is 0 Å². The van der Waals surface area contributed by atoms with E-state index in [1.54, 1.807) is 0 Å². The van der Waals surface area contributed by atoms with Crippen LogP contribution in [0.5, 0.6) is 0 Å². The Balaban J connectivity index is 2.54. The van der Waals surface area contributed by atoms with Gasteiger partial charge in [0.05, 0.1) is 0 Å². The first-order valence-corrected chi connectivity index (χ1v) is 1.43. The van der Waals surface area contributed by atoms with Crippen LogP contribution >= 0.6 is 0 Å². The first-order valence-electron chi connectivity index (χ1n) is 1.43. The lowest BCUT2D eigenvalue weighted by Crippen LogP contribution is -1.69. The Hall–Kier alpha value is -0.330. The van der Waals surface area contributed by atoms with Crippen LogP contribution in [0.1, 0.15) is 0 Å². The molecule has 0 amide bonds. The van der Waals surface area contributed by atoms with Crippen LogP contribution in [0, 0.1) is 0 Å². The van der Waals surface area contributed by atoms with Gasteiger partial charge in [-0.25, -0.2) is 4.58 Å². The number of rotatable bonds is 0. The zero-order valence-electron chi connectivity index (χ0n) is 2.73. The molecule has 0 saturated heterocycles. The van der Waals surface area contributed by atoms with Crippen LogP contribution in [0.25, 0.3) is 0 Å². The summed E-state index contributed by atoms with van der Waals surface area (Å²) in [5.41, 5.74) is 0. The average molecular weight is 56.1 g/mol. The lowest BCUT2D eigenvalue weighted by Gasteiger charge is -1.46. The van der Waals surface area contributed by atoms with Crippen LogP contribution in [0.3, 0.4) is 0 Å². The lowest BCUT2D eigenvalue weighted by atomic mass is 11.0. The fourth-order valence-electron chi connectivity index (χ4n) is 0.0816. The van der Waals surface area contributed by atoms with E-state index in [1.807, 2.05) is 0 Å². The Labute approximate surface area is 25.6 Å². The molecule has 1 rings (SSSR count). The van der Waals surface area contributed by atoms with Gasteiger partial charge in [0.15, 0.2) is 0 Å². The molecule has 0 aromatic rings. The summed E-state index contributed by atoms with van der Waals surface area (Å²) in [5, 5.41) is 0. The van der Waals surface area contributed by atoms with Crippen LogP contribution in [0.15, 0.2) is 0 Å². The molecule has 0 aromatic carbocycles. The van der Waals surface area contributed by atoms with Gasteiger partial charge in [0.25, 0.3) is 0 Å². The summed E-state index contributed by atoms with van der Waals surface area (Å²) in [6.07, 6.45) is 2.12. The zero-order chi connectivity index (χ0) is 2.99. The summed E-state index contributed by atoms with van der Waals surface area (Å²) in [6, 6.07) is 0. The molecule has 0 bridgehead atoms. The molecule has 0 unspecified atom stereocenters. The highest BCUT2D eigenvalue weighted by molar-refractivity contribution is 5.60. The van der Waals surface area contributed by atoms with Crippen molar-refractivity contribution in [2.45, 2.75) is 0 Å². The Morgan fingerprint density at radius 2 is 2.25 bits per heavy atom. The first-order chi connectivity index (χ1) is 1.89. The van der Waals surface area contributed by atoms with Gasteiger partial charge in [0.2, 0.25) is 12.8 Å². The molecule has 22 valence electrons. The number of hydrogen-bond donors (Lipinski definition) is 0. The summed E-state index contributed by atoms with van der Waals surface area (Å²) < 4.78 is 2.12. The Kier molecular flexibility index (Phi) is 0.166. The summed E-state index contributed by atoms with van der Waals surface area (Å²) in [5.74, 6) is 0. The van der Waals surface area contributed by atoms with Crippen LogP contribution in [-0.4, -0.2) is 24.4 Å². The summed E-state index contributed by atoms with van der Waals surface area (Å²) in [7, 11) is 2.06. The summed E-state index contributed by atoms with van der Waals surface area (Å²) in [4.78, 5) is 0.